The van der Waals surface area contributed by atoms with Crippen molar-refractivity contribution in [1.29, 1.82) is 0 Å². The maximum Gasteiger partial charge on any atom is 0.261 e. The molecule has 2 amide bonds. The van der Waals surface area contributed by atoms with Gasteiger partial charge in [-0.2, -0.15) is 0 Å². The second kappa shape index (κ2) is 12.8. The first kappa shape index (κ1) is 26.8. The van der Waals surface area contributed by atoms with Gasteiger partial charge in [-0.3, -0.25) is 9.59 Å². The zero-order valence-electron chi connectivity index (χ0n) is 21.9. The highest BCUT2D eigenvalue weighted by atomic mass is 16.5. The van der Waals surface area contributed by atoms with Gasteiger partial charge in [0.1, 0.15) is 11.8 Å². The van der Waals surface area contributed by atoms with Gasteiger partial charge in [0.05, 0.1) is 0 Å². The molecule has 5 heteroatoms. The number of amides is 2. The molecule has 1 atom stereocenters. The van der Waals surface area contributed by atoms with Gasteiger partial charge in [0, 0.05) is 12.6 Å². The lowest BCUT2D eigenvalue weighted by Gasteiger charge is -2.32. The van der Waals surface area contributed by atoms with Crippen LogP contribution in [0.1, 0.15) is 77.3 Å². The summed E-state index contributed by atoms with van der Waals surface area (Å²) in [6, 6.07) is 17.7. The van der Waals surface area contributed by atoms with Crippen LogP contribution in [-0.2, 0) is 21.4 Å². The van der Waals surface area contributed by atoms with Crippen LogP contribution in [0.25, 0.3) is 0 Å². The largest absolute Gasteiger partial charge is 0.484 e. The molecule has 0 spiro atoms. The SMILES string of the molecule is CC[C@@H](C(=O)NC1CCCCC1)N(CCc1ccccc1)C(=O)COc1ccc(C(C)(C)C)cc1. The number of benzene rings is 2. The van der Waals surface area contributed by atoms with Crippen LogP contribution in [0.3, 0.4) is 0 Å². The van der Waals surface area contributed by atoms with Crippen molar-refractivity contribution in [3.05, 3.63) is 65.7 Å². The Labute approximate surface area is 211 Å². The molecule has 0 heterocycles. The van der Waals surface area contributed by atoms with Crippen LogP contribution in [0.4, 0.5) is 0 Å². The molecule has 0 aliphatic heterocycles. The Bertz CT molecular complexity index is 928. The van der Waals surface area contributed by atoms with E-state index in [-0.39, 0.29) is 29.9 Å². The third kappa shape index (κ3) is 8.12. The van der Waals surface area contributed by atoms with E-state index in [2.05, 4.69) is 38.2 Å². The molecule has 1 N–H and O–H groups in total. The Balaban J connectivity index is 1.69. The minimum atomic E-state index is -0.500. The van der Waals surface area contributed by atoms with E-state index in [1.807, 2.05) is 49.4 Å². The number of nitrogens with zero attached hydrogens (tertiary/aromatic N) is 1. The Hall–Kier alpha value is -2.82. The predicted octanol–water partition coefficient (Wildman–Crippen LogP) is 5.66. The number of ether oxygens (including phenoxy) is 1. The Morgan fingerprint density at radius 3 is 2.26 bits per heavy atom. The van der Waals surface area contributed by atoms with Gasteiger partial charge in [-0.05, 0) is 54.4 Å². The third-order valence-corrected chi connectivity index (χ3v) is 6.90. The van der Waals surface area contributed by atoms with Crippen LogP contribution in [0, 0.1) is 0 Å². The molecule has 0 saturated heterocycles. The highest BCUT2D eigenvalue weighted by Gasteiger charge is 2.30. The quantitative estimate of drug-likeness (QED) is 0.479. The highest BCUT2D eigenvalue weighted by molar-refractivity contribution is 5.88. The van der Waals surface area contributed by atoms with E-state index in [0.29, 0.717) is 25.1 Å². The molecule has 35 heavy (non-hydrogen) atoms. The number of nitrogens with one attached hydrogen (secondary N) is 1. The van der Waals surface area contributed by atoms with Gasteiger partial charge in [-0.25, -0.2) is 0 Å². The summed E-state index contributed by atoms with van der Waals surface area (Å²) in [4.78, 5) is 28.4. The standard InChI is InChI=1S/C30H42N2O3/c1-5-27(29(34)31-25-14-10-7-11-15-25)32(21-20-23-12-8-6-9-13-23)28(33)22-35-26-18-16-24(17-19-26)30(2,3)4/h6,8-9,12-13,16-19,25,27H,5,7,10-11,14-15,20-22H2,1-4H3,(H,31,34)/t27-/m0/s1. The fourth-order valence-corrected chi connectivity index (χ4v) is 4.72. The summed E-state index contributed by atoms with van der Waals surface area (Å²) < 4.78 is 5.87. The van der Waals surface area contributed by atoms with E-state index in [9.17, 15) is 9.59 Å². The van der Waals surface area contributed by atoms with Gasteiger partial charge in [0.25, 0.3) is 5.91 Å². The average Bonchev–Trinajstić information content (AvgIpc) is 2.86. The third-order valence-electron chi connectivity index (χ3n) is 6.90. The summed E-state index contributed by atoms with van der Waals surface area (Å²) in [5.41, 5.74) is 2.42. The van der Waals surface area contributed by atoms with Gasteiger partial charge >= 0.3 is 0 Å². The molecule has 1 fully saturated rings. The lowest BCUT2D eigenvalue weighted by molar-refractivity contribution is -0.142. The van der Waals surface area contributed by atoms with Gasteiger partial charge in [0.2, 0.25) is 5.91 Å². The molecule has 1 saturated carbocycles. The lowest BCUT2D eigenvalue weighted by Crippen LogP contribution is -2.53. The number of hydrogen-bond donors (Lipinski definition) is 1. The summed E-state index contributed by atoms with van der Waals surface area (Å²) in [6.07, 6.45) is 6.85. The van der Waals surface area contributed by atoms with Crippen molar-refractivity contribution in [2.75, 3.05) is 13.2 Å². The molecule has 0 aromatic heterocycles. The zero-order chi connectivity index (χ0) is 25.3. The van der Waals surface area contributed by atoms with Crippen LogP contribution in [0.2, 0.25) is 0 Å². The lowest BCUT2D eigenvalue weighted by atomic mass is 9.87. The van der Waals surface area contributed by atoms with E-state index in [1.54, 1.807) is 4.90 Å². The van der Waals surface area contributed by atoms with Crippen molar-refractivity contribution in [2.24, 2.45) is 0 Å². The van der Waals surface area contributed by atoms with E-state index in [0.717, 1.165) is 31.2 Å². The van der Waals surface area contributed by atoms with Crippen molar-refractivity contribution in [3.8, 4) is 5.75 Å². The van der Waals surface area contributed by atoms with Crippen LogP contribution < -0.4 is 10.1 Å². The van der Waals surface area contributed by atoms with Gasteiger partial charge in [0.15, 0.2) is 6.61 Å². The second-order valence-electron chi connectivity index (χ2n) is 10.7. The van der Waals surface area contributed by atoms with Crippen LogP contribution in [-0.4, -0.2) is 41.9 Å². The molecule has 2 aromatic rings. The molecular weight excluding hydrogens is 436 g/mol. The van der Waals surface area contributed by atoms with Crippen molar-refractivity contribution < 1.29 is 14.3 Å². The summed E-state index contributed by atoms with van der Waals surface area (Å²) in [5.74, 6) is 0.455. The smallest absolute Gasteiger partial charge is 0.261 e. The zero-order valence-corrected chi connectivity index (χ0v) is 21.9. The van der Waals surface area contributed by atoms with Crippen LogP contribution >= 0.6 is 0 Å². The molecule has 190 valence electrons. The minimum absolute atomic E-state index is 0.0460. The summed E-state index contributed by atoms with van der Waals surface area (Å²) in [5, 5.41) is 3.22. The molecule has 0 radical (unpaired) electrons. The molecule has 1 aliphatic carbocycles. The molecule has 0 unspecified atom stereocenters. The maximum absolute atomic E-state index is 13.4. The van der Waals surface area contributed by atoms with E-state index < -0.39 is 6.04 Å². The van der Waals surface area contributed by atoms with Crippen molar-refractivity contribution in [3.63, 3.8) is 0 Å². The normalized spacial score (nSPS) is 15.3. The van der Waals surface area contributed by atoms with Gasteiger partial charge in [-0.1, -0.05) is 89.4 Å². The summed E-state index contributed by atoms with van der Waals surface area (Å²) >= 11 is 0. The Kier molecular flexibility index (Phi) is 9.76. The number of rotatable bonds is 10. The van der Waals surface area contributed by atoms with Crippen molar-refractivity contribution >= 4 is 11.8 Å². The Morgan fingerprint density at radius 1 is 1.00 bits per heavy atom. The fourth-order valence-electron chi connectivity index (χ4n) is 4.72. The summed E-state index contributed by atoms with van der Waals surface area (Å²) in [6.45, 7) is 8.86. The van der Waals surface area contributed by atoms with Crippen LogP contribution in [0.15, 0.2) is 54.6 Å². The molecule has 2 aromatic carbocycles. The van der Waals surface area contributed by atoms with Crippen molar-refractivity contribution in [2.45, 2.75) is 90.1 Å². The molecule has 5 nitrogen and oxygen atoms in total. The number of carbonyl (C=O) groups is 2. The van der Waals surface area contributed by atoms with Gasteiger partial charge in [-0.15, -0.1) is 0 Å². The predicted molar refractivity (Wildman–Crippen MR) is 142 cm³/mol. The van der Waals surface area contributed by atoms with E-state index in [1.165, 1.54) is 12.0 Å². The first-order valence-electron chi connectivity index (χ1n) is 13.1. The highest BCUT2D eigenvalue weighted by Crippen LogP contribution is 2.24. The Morgan fingerprint density at radius 2 is 1.66 bits per heavy atom. The van der Waals surface area contributed by atoms with Crippen LogP contribution in [0.5, 0.6) is 5.75 Å². The fraction of sp³-hybridized carbons (Fsp3) is 0.533. The topological polar surface area (TPSA) is 58.6 Å². The molecule has 0 bridgehead atoms. The van der Waals surface area contributed by atoms with Crippen molar-refractivity contribution in [1.82, 2.24) is 10.2 Å². The van der Waals surface area contributed by atoms with Gasteiger partial charge < -0.3 is 15.0 Å². The number of hydrogen-bond acceptors (Lipinski definition) is 3. The second-order valence-corrected chi connectivity index (χ2v) is 10.7. The maximum atomic E-state index is 13.4. The minimum Gasteiger partial charge on any atom is -0.484 e. The average molecular weight is 479 g/mol. The molecule has 3 rings (SSSR count). The monoisotopic (exact) mass is 478 g/mol. The molecule has 1 aliphatic rings. The first-order valence-corrected chi connectivity index (χ1v) is 13.1. The van der Waals surface area contributed by atoms with E-state index >= 15 is 0 Å². The first-order chi connectivity index (χ1) is 16.8. The molecular formula is C30H42N2O3. The number of carbonyl (C=O) groups excluding carboxylic acids is 2. The van der Waals surface area contributed by atoms with E-state index in [4.69, 9.17) is 4.74 Å². The summed E-state index contributed by atoms with van der Waals surface area (Å²) in [7, 11) is 0.